The molecule has 2 heterocycles. The minimum absolute atomic E-state index is 0. The van der Waals surface area contributed by atoms with Crippen molar-refractivity contribution in [3.63, 3.8) is 0 Å². The SMILES string of the molecule is COC(C[C@@H]1CC[C@H](C)[C@@](O)(C(=O)C(=O)N2CCCC[C@@H]2C(=O)[O-])O1)/C(C)=C/C=C/C=C/C(C)CC(C)C(=O)[C@@H](OC)[C@@H](O)/C(C)=C/C(C)C(=O)/C=C/[C@@H](C)C[C@H]1CC[C@H](O)[C@@H](OC)C1.[Na+]. The van der Waals surface area contributed by atoms with Crippen LogP contribution in [0.3, 0.4) is 0 Å². The molecule has 1 aliphatic carbocycles. The van der Waals surface area contributed by atoms with E-state index in [1.54, 1.807) is 47.1 Å². The molecule has 366 valence electrons. The van der Waals surface area contributed by atoms with E-state index in [0.29, 0.717) is 56.4 Å². The summed E-state index contributed by atoms with van der Waals surface area (Å²) >= 11 is 0. The number of Topliss-reactive ketones (excluding diaryl/α,β-unsaturated/α-hetero) is 2. The molecular formula is C51H78NNaO13. The van der Waals surface area contributed by atoms with E-state index in [2.05, 4.69) is 6.92 Å². The van der Waals surface area contributed by atoms with E-state index >= 15 is 0 Å². The fourth-order valence-corrected chi connectivity index (χ4v) is 9.47. The first-order valence-corrected chi connectivity index (χ1v) is 23.5. The molecule has 4 unspecified atom stereocenters. The Hall–Kier alpha value is -2.63. The normalized spacial score (nSPS) is 28.9. The average molecular weight is 936 g/mol. The number of aliphatic hydroxyl groups is 3. The zero-order chi connectivity index (χ0) is 48.6. The number of ketones is 3. The maximum Gasteiger partial charge on any atom is 1.00 e. The van der Waals surface area contributed by atoms with Gasteiger partial charge in [0.2, 0.25) is 5.79 Å². The van der Waals surface area contributed by atoms with E-state index in [9.17, 15) is 44.4 Å². The van der Waals surface area contributed by atoms with Crippen LogP contribution < -0.4 is 34.7 Å². The maximum absolute atomic E-state index is 13.5. The molecule has 2 saturated heterocycles. The third-order valence-electron chi connectivity index (χ3n) is 13.7. The first kappa shape index (κ1) is 59.5. The van der Waals surface area contributed by atoms with Crippen molar-refractivity contribution in [2.24, 2.45) is 35.5 Å². The number of piperidine rings is 1. The number of rotatable bonds is 24. The minimum Gasteiger partial charge on any atom is -0.548 e. The Morgan fingerprint density at radius 3 is 2.21 bits per heavy atom. The number of allylic oxidation sites excluding steroid dienone is 8. The summed E-state index contributed by atoms with van der Waals surface area (Å²) in [5.74, 6) is -7.43. The fraction of sp³-hybridized carbons (Fsp3) is 0.706. The number of carbonyl (C=O) groups is 5. The number of carboxylic acid groups (broad SMARTS) is 1. The van der Waals surface area contributed by atoms with Gasteiger partial charge >= 0.3 is 29.6 Å². The predicted octanol–water partition coefficient (Wildman–Crippen LogP) is 2.18. The molecule has 0 spiro atoms. The first-order valence-electron chi connectivity index (χ1n) is 23.5. The zero-order valence-electron chi connectivity index (χ0n) is 41.5. The van der Waals surface area contributed by atoms with Gasteiger partial charge in [0.15, 0.2) is 11.6 Å². The van der Waals surface area contributed by atoms with Crippen molar-refractivity contribution in [3.05, 3.63) is 59.8 Å². The maximum atomic E-state index is 13.5. The number of hydrogen-bond donors (Lipinski definition) is 3. The van der Waals surface area contributed by atoms with Crippen LogP contribution in [0.15, 0.2) is 59.8 Å². The van der Waals surface area contributed by atoms with Crippen molar-refractivity contribution in [2.45, 2.75) is 168 Å². The number of hydrogen-bond acceptors (Lipinski definition) is 13. The van der Waals surface area contributed by atoms with Crippen LogP contribution >= 0.6 is 0 Å². The molecule has 1 saturated carbocycles. The van der Waals surface area contributed by atoms with Crippen LogP contribution in [0.1, 0.15) is 119 Å². The first-order chi connectivity index (χ1) is 30.7. The van der Waals surface area contributed by atoms with E-state index < -0.39 is 77.8 Å². The van der Waals surface area contributed by atoms with Crippen molar-refractivity contribution in [3.8, 4) is 0 Å². The van der Waals surface area contributed by atoms with Crippen molar-refractivity contribution in [1.29, 1.82) is 0 Å². The third-order valence-corrected chi connectivity index (χ3v) is 13.7. The monoisotopic (exact) mass is 936 g/mol. The second kappa shape index (κ2) is 28.8. The molecular weight excluding hydrogens is 858 g/mol. The Balaban J connectivity index is 0.0000150. The van der Waals surface area contributed by atoms with E-state index in [1.165, 1.54) is 7.11 Å². The molecule has 3 rings (SSSR count). The van der Waals surface area contributed by atoms with Gasteiger partial charge in [0, 0.05) is 52.0 Å². The number of carbonyl (C=O) groups excluding carboxylic acids is 5. The molecule has 3 N–H and O–H groups in total. The Bertz CT molecular complexity index is 1760. The second-order valence-corrected chi connectivity index (χ2v) is 19.0. The van der Waals surface area contributed by atoms with Crippen LogP contribution in [0.25, 0.3) is 0 Å². The van der Waals surface area contributed by atoms with Gasteiger partial charge in [-0.15, -0.1) is 0 Å². The van der Waals surface area contributed by atoms with Crippen LogP contribution in [0, 0.1) is 35.5 Å². The molecule has 14 atom stereocenters. The quantitative estimate of drug-likeness (QED) is 0.0418. The molecule has 3 aliphatic rings. The molecule has 1 amide bonds. The standard InChI is InChI=1S/C51H79NO13.Na/c1-31(26-35(5)45(55)47(64-10)46(56)36(6)28-34(4)41(53)23-19-32(2)27-38-21-24-42(54)44(29-38)63-9)16-12-11-13-17-33(3)43(62-8)30-39-22-20-37(7)51(61,65-39)48(57)49(58)52-25-15-14-18-40(52)50(59)60;/h11-13,16-17,19,23,28,31-32,34-35,37-40,42-44,46-47,54,56,61H,14-15,18,20-22,24-27,29-30H2,1-10H3,(H,59,60);/q;+1/p-1/b13-11+,16-12+,23-19+,33-17+,36-28+;/t31?,32-,34?,35?,37+,38-,39+,40-,42+,43?,44+,46+,47-,51+;/m1./s1. The molecule has 0 bridgehead atoms. The number of aliphatic carboxylic acids is 1. The van der Waals surface area contributed by atoms with Gasteiger partial charge < -0.3 is 49.1 Å². The van der Waals surface area contributed by atoms with Gasteiger partial charge in [-0.25, -0.2) is 0 Å². The van der Waals surface area contributed by atoms with Gasteiger partial charge in [-0.3, -0.25) is 19.2 Å². The number of nitrogens with zero attached hydrogens (tertiary/aromatic N) is 1. The summed E-state index contributed by atoms with van der Waals surface area (Å²) in [4.78, 5) is 65.8. The molecule has 0 radical (unpaired) electrons. The molecule has 2 aliphatic heterocycles. The molecule has 0 aromatic carbocycles. The number of likely N-dealkylation sites (tertiary alicyclic amines) is 1. The van der Waals surface area contributed by atoms with Gasteiger partial charge in [-0.2, -0.15) is 0 Å². The minimum atomic E-state index is -2.40. The third kappa shape index (κ3) is 17.1. The summed E-state index contributed by atoms with van der Waals surface area (Å²) in [5, 5.41) is 44.4. The van der Waals surface area contributed by atoms with Gasteiger partial charge in [0.25, 0.3) is 11.7 Å². The molecule has 66 heavy (non-hydrogen) atoms. The Morgan fingerprint density at radius 1 is 0.879 bits per heavy atom. The second-order valence-electron chi connectivity index (χ2n) is 19.0. The summed E-state index contributed by atoms with van der Waals surface area (Å²) in [6.07, 6.45) is 17.1. The molecule has 0 aromatic rings. The zero-order valence-corrected chi connectivity index (χ0v) is 43.5. The van der Waals surface area contributed by atoms with Crippen LogP contribution in [-0.2, 0) is 42.9 Å². The number of carboxylic acids is 1. The van der Waals surface area contributed by atoms with Crippen LogP contribution in [0.2, 0.25) is 0 Å². The average Bonchev–Trinajstić information content (AvgIpc) is 3.28. The van der Waals surface area contributed by atoms with E-state index in [0.717, 1.165) is 29.7 Å². The number of methoxy groups -OCH3 is 3. The summed E-state index contributed by atoms with van der Waals surface area (Å²) < 4.78 is 22.6. The molecule has 3 fully saturated rings. The van der Waals surface area contributed by atoms with Crippen LogP contribution in [0.4, 0.5) is 0 Å². The summed E-state index contributed by atoms with van der Waals surface area (Å²) in [7, 11) is 4.57. The largest absolute Gasteiger partial charge is 1.00 e. The molecule has 15 heteroatoms. The van der Waals surface area contributed by atoms with Crippen molar-refractivity contribution >= 4 is 29.2 Å². The predicted molar refractivity (Wildman–Crippen MR) is 245 cm³/mol. The summed E-state index contributed by atoms with van der Waals surface area (Å²) in [5.41, 5.74) is 1.34. The Kier molecular flexibility index (Phi) is 25.9. The van der Waals surface area contributed by atoms with E-state index in [1.807, 2.05) is 57.2 Å². The van der Waals surface area contributed by atoms with Gasteiger partial charge in [-0.1, -0.05) is 77.2 Å². The molecule has 14 nitrogen and oxygen atoms in total. The fourth-order valence-electron chi connectivity index (χ4n) is 9.47. The Morgan fingerprint density at radius 2 is 1.58 bits per heavy atom. The van der Waals surface area contributed by atoms with E-state index in [-0.39, 0.29) is 72.0 Å². The van der Waals surface area contributed by atoms with Gasteiger partial charge in [0.1, 0.15) is 12.2 Å². The summed E-state index contributed by atoms with van der Waals surface area (Å²) in [6, 6.07) is -1.23. The topological polar surface area (TPSA) is 209 Å². The smallest absolute Gasteiger partial charge is 0.548 e. The summed E-state index contributed by atoms with van der Waals surface area (Å²) in [6.45, 7) is 12.9. The van der Waals surface area contributed by atoms with Gasteiger partial charge in [0.05, 0.1) is 36.4 Å². The number of ether oxygens (including phenoxy) is 4. The van der Waals surface area contributed by atoms with Crippen molar-refractivity contribution in [2.75, 3.05) is 27.9 Å². The number of amides is 1. The van der Waals surface area contributed by atoms with Crippen molar-refractivity contribution in [1.82, 2.24) is 4.90 Å². The van der Waals surface area contributed by atoms with Gasteiger partial charge in [-0.05, 0) is 113 Å². The van der Waals surface area contributed by atoms with Crippen LogP contribution in [0.5, 0.6) is 0 Å². The van der Waals surface area contributed by atoms with Crippen molar-refractivity contribution < 1.29 is 92.9 Å². The molecule has 0 aromatic heterocycles. The van der Waals surface area contributed by atoms with Crippen LogP contribution in [-0.4, -0.2) is 126 Å². The van der Waals surface area contributed by atoms with E-state index in [4.69, 9.17) is 18.9 Å². The Labute approximate surface area is 415 Å². The number of aliphatic hydroxyl groups excluding tert-OH is 2.